The first-order valence-corrected chi connectivity index (χ1v) is 11.2. The molecule has 5 rings (SSSR count). The second kappa shape index (κ2) is 8.97. The molecule has 0 radical (unpaired) electrons. The summed E-state index contributed by atoms with van der Waals surface area (Å²) in [6.45, 7) is 6.77. The minimum atomic E-state index is -0.613. The number of aromatic nitrogens is 2. The highest BCUT2D eigenvalue weighted by Crippen LogP contribution is 2.31. The van der Waals surface area contributed by atoms with Gasteiger partial charge in [-0.15, -0.1) is 0 Å². The molecular formula is C25H27N5O3. The Labute approximate surface area is 193 Å². The largest absolute Gasteiger partial charge is 0.485 e. The number of hydrogen-bond donors (Lipinski definition) is 1. The molecule has 3 heterocycles. The number of nitrogens with zero attached hydrogens (tertiary/aromatic N) is 4. The van der Waals surface area contributed by atoms with Crippen molar-refractivity contribution in [2.24, 2.45) is 0 Å². The zero-order valence-corrected chi connectivity index (χ0v) is 18.8. The second-order valence-corrected chi connectivity index (χ2v) is 8.33. The molecule has 3 aromatic rings. The standard InChI is InChI=1S/C25H27N5O3/c1-17-7-9-19(10-8-17)28-23-15-24(27-18(2)26-23)29-11-13-30(14-12-29)25(31)22-16-32-20-5-3-4-6-21(20)33-22/h3-10,15,22H,11-14,16H2,1-2H3,(H,26,27,28). The number of amides is 1. The first-order chi connectivity index (χ1) is 16.0. The van der Waals surface area contributed by atoms with E-state index in [1.807, 2.05) is 54.3 Å². The van der Waals surface area contributed by atoms with E-state index in [0.717, 1.165) is 17.3 Å². The van der Waals surface area contributed by atoms with Crippen LogP contribution in [0.5, 0.6) is 11.5 Å². The van der Waals surface area contributed by atoms with Gasteiger partial charge in [0.15, 0.2) is 11.5 Å². The Morgan fingerprint density at radius 3 is 2.45 bits per heavy atom. The van der Waals surface area contributed by atoms with Crippen LogP contribution in [0.25, 0.3) is 0 Å². The summed E-state index contributed by atoms with van der Waals surface area (Å²) in [6.07, 6.45) is -0.613. The van der Waals surface area contributed by atoms with Gasteiger partial charge in [-0.05, 0) is 38.1 Å². The van der Waals surface area contributed by atoms with Crippen molar-refractivity contribution in [2.75, 3.05) is 43.0 Å². The number of hydrogen-bond acceptors (Lipinski definition) is 7. The van der Waals surface area contributed by atoms with Crippen molar-refractivity contribution < 1.29 is 14.3 Å². The zero-order valence-electron chi connectivity index (χ0n) is 18.8. The summed E-state index contributed by atoms with van der Waals surface area (Å²) in [7, 11) is 0. The van der Waals surface area contributed by atoms with Crippen LogP contribution in [0.15, 0.2) is 54.6 Å². The molecule has 2 aliphatic rings. The van der Waals surface area contributed by atoms with Crippen molar-refractivity contribution in [3.63, 3.8) is 0 Å². The van der Waals surface area contributed by atoms with Gasteiger partial charge in [-0.2, -0.15) is 0 Å². The number of ether oxygens (including phenoxy) is 2. The maximum Gasteiger partial charge on any atom is 0.267 e. The van der Waals surface area contributed by atoms with Crippen molar-refractivity contribution >= 4 is 23.2 Å². The van der Waals surface area contributed by atoms with E-state index in [0.29, 0.717) is 43.5 Å². The Morgan fingerprint density at radius 2 is 1.70 bits per heavy atom. The fourth-order valence-corrected chi connectivity index (χ4v) is 4.06. The van der Waals surface area contributed by atoms with Gasteiger partial charge < -0.3 is 24.6 Å². The summed E-state index contributed by atoms with van der Waals surface area (Å²) >= 11 is 0. The predicted molar refractivity (Wildman–Crippen MR) is 126 cm³/mol. The molecule has 0 bridgehead atoms. The monoisotopic (exact) mass is 445 g/mol. The lowest BCUT2D eigenvalue weighted by Gasteiger charge is -2.37. The molecule has 1 fully saturated rings. The number of rotatable bonds is 4. The Morgan fingerprint density at radius 1 is 0.970 bits per heavy atom. The molecule has 1 aromatic heterocycles. The van der Waals surface area contributed by atoms with E-state index in [9.17, 15) is 4.79 Å². The lowest BCUT2D eigenvalue weighted by molar-refractivity contribution is -0.141. The van der Waals surface area contributed by atoms with E-state index >= 15 is 0 Å². The summed E-state index contributed by atoms with van der Waals surface area (Å²) in [5, 5.41) is 3.36. The van der Waals surface area contributed by atoms with Crippen LogP contribution in [0.1, 0.15) is 11.4 Å². The molecule has 170 valence electrons. The molecule has 2 aliphatic heterocycles. The molecule has 1 N–H and O–H groups in total. The van der Waals surface area contributed by atoms with Crippen LogP contribution in [0.3, 0.4) is 0 Å². The van der Waals surface area contributed by atoms with Gasteiger partial charge >= 0.3 is 0 Å². The van der Waals surface area contributed by atoms with Crippen LogP contribution < -0.4 is 19.7 Å². The van der Waals surface area contributed by atoms with Crippen molar-refractivity contribution in [3.8, 4) is 11.5 Å². The normalized spacial score (nSPS) is 17.6. The first-order valence-electron chi connectivity index (χ1n) is 11.2. The van der Waals surface area contributed by atoms with Crippen molar-refractivity contribution in [1.82, 2.24) is 14.9 Å². The molecule has 2 aromatic carbocycles. The van der Waals surface area contributed by atoms with Crippen molar-refractivity contribution in [1.29, 1.82) is 0 Å². The van der Waals surface area contributed by atoms with Crippen LogP contribution >= 0.6 is 0 Å². The smallest absolute Gasteiger partial charge is 0.267 e. The molecule has 1 atom stereocenters. The molecule has 1 saturated heterocycles. The average molecular weight is 446 g/mol. The van der Waals surface area contributed by atoms with E-state index < -0.39 is 6.10 Å². The van der Waals surface area contributed by atoms with Crippen LogP contribution in [0.4, 0.5) is 17.3 Å². The van der Waals surface area contributed by atoms with Gasteiger partial charge in [0.05, 0.1) is 0 Å². The minimum Gasteiger partial charge on any atom is -0.485 e. The quantitative estimate of drug-likeness (QED) is 0.660. The summed E-state index contributed by atoms with van der Waals surface area (Å²) in [5.74, 6) is 3.57. The third-order valence-electron chi connectivity index (χ3n) is 5.85. The molecule has 1 amide bonds. The number of fused-ring (bicyclic) bond motifs is 1. The number of nitrogens with one attached hydrogen (secondary N) is 1. The van der Waals surface area contributed by atoms with E-state index in [-0.39, 0.29) is 12.5 Å². The summed E-state index contributed by atoms with van der Waals surface area (Å²) < 4.78 is 11.6. The van der Waals surface area contributed by atoms with Gasteiger partial charge in [-0.25, -0.2) is 9.97 Å². The summed E-state index contributed by atoms with van der Waals surface area (Å²) in [4.78, 5) is 26.2. The Bertz CT molecular complexity index is 1140. The molecule has 0 spiro atoms. The van der Waals surface area contributed by atoms with Crippen LogP contribution in [-0.4, -0.2) is 59.7 Å². The first kappa shape index (κ1) is 21.1. The highest BCUT2D eigenvalue weighted by atomic mass is 16.6. The van der Waals surface area contributed by atoms with Gasteiger partial charge in [0, 0.05) is 37.9 Å². The lowest BCUT2D eigenvalue weighted by Crippen LogP contribution is -2.54. The number of benzene rings is 2. The zero-order chi connectivity index (χ0) is 22.8. The molecule has 0 saturated carbocycles. The molecule has 8 heteroatoms. The molecule has 33 heavy (non-hydrogen) atoms. The fraction of sp³-hybridized carbons (Fsp3) is 0.320. The highest BCUT2D eigenvalue weighted by Gasteiger charge is 2.33. The van der Waals surface area contributed by atoms with Gasteiger partial charge in [0.1, 0.15) is 24.1 Å². The van der Waals surface area contributed by atoms with Crippen molar-refractivity contribution in [3.05, 3.63) is 66.0 Å². The number of piperazine rings is 1. The number of para-hydroxylation sites is 2. The molecule has 1 unspecified atom stereocenters. The van der Waals surface area contributed by atoms with Crippen LogP contribution in [0.2, 0.25) is 0 Å². The maximum atomic E-state index is 13.0. The minimum absolute atomic E-state index is 0.0373. The molecule has 0 aliphatic carbocycles. The molecule has 8 nitrogen and oxygen atoms in total. The van der Waals surface area contributed by atoms with E-state index in [2.05, 4.69) is 39.2 Å². The number of aryl methyl sites for hydroxylation is 2. The summed E-state index contributed by atoms with van der Waals surface area (Å²) in [6, 6.07) is 17.6. The number of carbonyl (C=O) groups is 1. The van der Waals surface area contributed by atoms with E-state index in [1.54, 1.807) is 0 Å². The van der Waals surface area contributed by atoms with Crippen molar-refractivity contribution in [2.45, 2.75) is 20.0 Å². The van der Waals surface area contributed by atoms with Crippen LogP contribution in [-0.2, 0) is 4.79 Å². The van der Waals surface area contributed by atoms with Gasteiger partial charge in [-0.3, -0.25) is 4.79 Å². The van der Waals surface area contributed by atoms with Crippen LogP contribution in [0, 0.1) is 13.8 Å². The van der Waals surface area contributed by atoms with Gasteiger partial charge in [0.2, 0.25) is 6.10 Å². The number of anilines is 3. The Kier molecular flexibility index (Phi) is 5.73. The maximum absolute atomic E-state index is 13.0. The van der Waals surface area contributed by atoms with Gasteiger partial charge in [0.25, 0.3) is 5.91 Å². The summed E-state index contributed by atoms with van der Waals surface area (Å²) in [5.41, 5.74) is 2.19. The predicted octanol–water partition coefficient (Wildman–Crippen LogP) is 3.33. The average Bonchev–Trinajstić information content (AvgIpc) is 2.84. The third-order valence-corrected chi connectivity index (χ3v) is 5.85. The Balaban J connectivity index is 1.21. The topological polar surface area (TPSA) is 79.8 Å². The molecular weight excluding hydrogens is 418 g/mol. The highest BCUT2D eigenvalue weighted by molar-refractivity contribution is 5.82. The number of carbonyl (C=O) groups excluding carboxylic acids is 1. The lowest BCUT2D eigenvalue weighted by atomic mass is 10.2. The van der Waals surface area contributed by atoms with Gasteiger partial charge in [-0.1, -0.05) is 29.8 Å². The van der Waals surface area contributed by atoms with E-state index in [1.165, 1.54) is 5.56 Å². The fourth-order valence-electron chi connectivity index (χ4n) is 4.06. The Hall–Kier alpha value is -3.81. The second-order valence-electron chi connectivity index (χ2n) is 8.33. The SMILES string of the molecule is Cc1ccc(Nc2cc(N3CCN(C(=O)C4COc5ccccc5O4)CC3)nc(C)n2)cc1. The van der Waals surface area contributed by atoms with E-state index in [4.69, 9.17) is 9.47 Å². The third kappa shape index (κ3) is 4.69.